The second-order valence-corrected chi connectivity index (χ2v) is 10.5. The second kappa shape index (κ2) is 8.81. The number of amides is 1. The van der Waals surface area contributed by atoms with Crippen molar-refractivity contribution in [2.75, 3.05) is 10.2 Å². The van der Waals surface area contributed by atoms with Crippen LogP contribution in [0.5, 0.6) is 0 Å². The Morgan fingerprint density at radius 3 is 2.34 bits per heavy atom. The van der Waals surface area contributed by atoms with Crippen LogP contribution in [-0.2, 0) is 4.79 Å². The van der Waals surface area contributed by atoms with E-state index in [1.807, 2.05) is 26.0 Å². The molecular weight excluding hydrogens is 486 g/mol. The molecule has 0 saturated heterocycles. The highest BCUT2D eigenvalue weighted by Crippen LogP contribution is 2.51. The van der Waals surface area contributed by atoms with Crippen LogP contribution in [0.4, 0.5) is 15.8 Å². The fourth-order valence-corrected chi connectivity index (χ4v) is 5.62. The zero-order valence-corrected chi connectivity index (χ0v) is 20.8. The highest BCUT2D eigenvalue weighted by atomic mass is 35.5. The maximum atomic E-state index is 14.9. The summed E-state index contributed by atoms with van der Waals surface area (Å²) in [6.07, 6.45) is 0.882. The Hall–Kier alpha value is -3.15. The lowest BCUT2D eigenvalue weighted by atomic mass is 9.73. The summed E-state index contributed by atoms with van der Waals surface area (Å²) in [6.45, 7) is 4.07. The number of nitrogens with one attached hydrogen (secondary N) is 1. The van der Waals surface area contributed by atoms with E-state index in [-0.39, 0.29) is 16.8 Å². The van der Waals surface area contributed by atoms with Crippen LogP contribution in [0.1, 0.15) is 48.7 Å². The standard InChI is InChI=1S/C28H23Cl2FN2O2/c1-28(2)14-21-25(23(34)15-28)26(24-17(29)9-7-10-18(24)30)33(22-13-6-5-12-20(22)32-21)27(35)16-8-3-4-11-19(16)31/h3-13,26,32H,14-15H2,1-2H3. The number of ketones is 1. The third-order valence-corrected chi connectivity index (χ3v) is 7.16. The number of para-hydroxylation sites is 2. The van der Waals surface area contributed by atoms with E-state index in [1.54, 1.807) is 36.4 Å². The van der Waals surface area contributed by atoms with Gasteiger partial charge in [0.1, 0.15) is 5.82 Å². The lowest BCUT2D eigenvalue weighted by Crippen LogP contribution is -2.40. The van der Waals surface area contributed by atoms with Crippen molar-refractivity contribution in [3.8, 4) is 0 Å². The van der Waals surface area contributed by atoms with Gasteiger partial charge in [0.05, 0.1) is 23.0 Å². The molecule has 0 saturated carbocycles. The Kier molecular flexibility index (Phi) is 5.94. The first-order valence-corrected chi connectivity index (χ1v) is 12.1. The molecule has 1 N–H and O–H groups in total. The molecule has 1 aliphatic heterocycles. The van der Waals surface area contributed by atoms with Crippen LogP contribution < -0.4 is 10.2 Å². The van der Waals surface area contributed by atoms with Gasteiger partial charge >= 0.3 is 0 Å². The SMILES string of the molecule is CC1(C)CC(=O)C2=C(C1)Nc1ccccc1N(C(=O)c1ccccc1F)C2c1c(Cl)cccc1Cl. The summed E-state index contributed by atoms with van der Waals surface area (Å²) in [7, 11) is 0. The fourth-order valence-electron chi connectivity index (χ4n) is 5.02. The largest absolute Gasteiger partial charge is 0.357 e. The van der Waals surface area contributed by atoms with Gasteiger partial charge < -0.3 is 5.32 Å². The third kappa shape index (κ3) is 4.13. The van der Waals surface area contributed by atoms with Crippen molar-refractivity contribution >= 4 is 46.3 Å². The zero-order valence-electron chi connectivity index (χ0n) is 19.2. The molecule has 0 spiro atoms. The van der Waals surface area contributed by atoms with E-state index < -0.39 is 17.8 Å². The van der Waals surface area contributed by atoms with E-state index >= 15 is 0 Å². The Morgan fingerprint density at radius 1 is 0.971 bits per heavy atom. The summed E-state index contributed by atoms with van der Waals surface area (Å²) in [4.78, 5) is 29.3. The molecule has 178 valence electrons. The van der Waals surface area contributed by atoms with Gasteiger partial charge in [-0.1, -0.05) is 67.4 Å². The van der Waals surface area contributed by atoms with Gasteiger partial charge in [0.2, 0.25) is 0 Å². The molecule has 3 aromatic carbocycles. The predicted octanol–water partition coefficient (Wildman–Crippen LogP) is 7.59. The molecule has 0 bridgehead atoms. The van der Waals surface area contributed by atoms with Crippen molar-refractivity contribution in [1.82, 2.24) is 0 Å². The summed E-state index contributed by atoms with van der Waals surface area (Å²) in [6, 6.07) is 17.2. The molecule has 0 radical (unpaired) electrons. The molecule has 0 fully saturated rings. The topological polar surface area (TPSA) is 49.4 Å². The molecule has 2 aliphatic rings. The first-order valence-electron chi connectivity index (χ1n) is 11.3. The number of carbonyl (C=O) groups is 2. The molecule has 4 nitrogen and oxygen atoms in total. The van der Waals surface area contributed by atoms with Gasteiger partial charge in [-0.25, -0.2) is 4.39 Å². The van der Waals surface area contributed by atoms with Crippen LogP contribution >= 0.6 is 23.2 Å². The van der Waals surface area contributed by atoms with Gasteiger partial charge in [-0.05, 0) is 48.2 Å². The Labute approximate surface area is 213 Å². The molecule has 1 unspecified atom stereocenters. The number of halogens is 3. The minimum atomic E-state index is -0.946. The van der Waals surface area contributed by atoms with Gasteiger partial charge in [0.25, 0.3) is 5.91 Å². The van der Waals surface area contributed by atoms with Crippen molar-refractivity contribution in [3.05, 3.63) is 105 Å². The van der Waals surface area contributed by atoms with Crippen LogP contribution in [-0.4, -0.2) is 11.7 Å². The number of allylic oxidation sites excluding steroid dienone is 1. The number of benzene rings is 3. The smallest absolute Gasteiger partial charge is 0.262 e. The van der Waals surface area contributed by atoms with E-state index in [0.29, 0.717) is 51.1 Å². The Bertz CT molecular complexity index is 1380. The van der Waals surface area contributed by atoms with E-state index in [0.717, 1.165) is 0 Å². The number of anilines is 2. The lowest BCUT2D eigenvalue weighted by Gasteiger charge is -2.37. The number of hydrogen-bond acceptors (Lipinski definition) is 3. The number of rotatable bonds is 2. The molecule has 0 aromatic heterocycles. The van der Waals surface area contributed by atoms with Gasteiger partial charge in [0, 0.05) is 33.3 Å². The van der Waals surface area contributed by atoms with Gasteiger partial charge in [-0.3, -0.25) is 14.5 Å². The predicted molar refractivity (Wildman–Crippen MR) is 138 cm³/mol. The summed E-state index contributed by atoms with van der Waals surface area (Å²) >= 11 is 13.3. The van der Waals surface area contributed by atoms with Crippen molar-refractivity contribution in [3.63, 3.8) is 0 Å². The van der Waals surface area contributed by atoms with E-state index in [4.69, 9.17) is 23.2 Å². The van der Waals surface area contributed by atoms with E-state index in [9.17, 15) is 14.0 Å². The van der Waals surface area contributed by atoms with Crippen LogP contribution in [0.15, 0.2) is 78.0 Å². The first kappa shape index (κ1) is 23.6. The summed E-state index contributed by atoms with van der Waals surface area (Å²) in [5, 5.41) is 4.06. The number of fused-ring (bicyclic) bond motifs is 1. The van der Waals surface area contributed by atoms with E-state index in [2.05, 4.69) is 5.32 Å². The molecule has 1 amide bonds. The average molecular weight is 509 g/mol. The summed E-state index contributed by atoms with van der Waals surface area (Å²) < 4.78 is 14.9. The summed E-state index contributed by atoms with van der Waals surface area (Å²) in [5.41, 5.74) is 2.31. The number of hydrogen-bond donors (Lipinski definition) is 1. The molecule has 7 heteroatoms. The molecule has 1 aliphatic carbocycles. The van der Waals surface area contributed by atoms with Crippen LogP contribution in [0, 0.1) is 11.2 Å². The average Bonchev–Trinajstić information content (AvgIpc) is 2.92. The van der Waals surface area contributed by atoms with Crippen molar-refractivity contribution < 1.29 is 14.0 Å². The Morgan fingerprint density at radius 2 is 1.63 bits per heavy atom. The minimum Gasteiger partial charge on any atom is -0.357 e. The van der Waals surface area contributed by atoms with Gasteiger partial charge in [0.15, 0.2) is 5.78 Å². The monoisotopic (exact) mass is 508 g/mol. The molecule has 35 heavy (non-hydrogen) atoms. The fraction of sp³-hybridized carbons (Fsp3) is 0.214. The van der Waals surface area contributed by atoms with Gasteiger partial charge in [-0.2, -0.15) is 0 Å². The maximum absolute atomic E-state index is 14.9. The number of Topliss-reactive ketones (excluding diaryl/α,β-unsaturated/α-hetero) is 1. The number of nitrogens with zero attached hydrogens (tertiary/aromatic N) is 1. The second-order valence-electron chi connectivity index (χ2n) is 9.67. The quantitative estimate of drug-likeness (QED) is 0.387. The molecule has 5 rings (SSSR count). The number of carbonyl (C=O) groups excluding carboxylic acids is 2. The zero-order chi connectivity index (χ0) is 24.9. The third-order valence-electron chi connectivity index (χ3n) is 6.50. The minimum absolute atomic E-state index is 0.108. The molecule has 1 atom stereocenters. The maximum Gasteiger partial charge on any atom is 0.262 e. The van der Waals surface area contributed by atoms with Crippen LogP contribution in [0.25, 0.3) is 0 Å². The van der Waals surface area contributed by atoms with Crippen molar-refractivity contribution in [1.29, 1.82) is 0 Å². The summed E-state index contributed by atoms with van der Waals surface area (Å²) in [5.74, 6) is -1.35. The Balaban J connectivity index is 1.85. The van der Waals surface area contributed by atoms with Crippen molar-refractivity contribution in [2.45, 2.75) is 32.7 Å². The van der Waals surface area contributed by atoms with E-state index in [1.165, 1.54) is 23.1 Å². The van der Waals surface area contributed by atoms with Crippen molar-refractivity contribution in [2.24, 2.45) is 5.41 Å². The molecular formula is C28H23Cl2FN2O2. The van der Waals surface area contributed by atoms with Gasteiger partial charge in [-0.15, -0.1) is 0 Å². The molecule has 1 heterocycles. The molecule has 3 aromatic rings. The van der Waals surface area contributed by atoms with Crippen LogP contribution in [0.2, 0.25) is 10.0 Å². The highest BCUT2D eigenvalue weighted by Gasteiger charge is 2.45. The highest BCUT2D eigenvalue weighted by molar-refractivity contribution is 6.36. The first-order chi connectivity index (χ1) is 16.7. The lowest BCUT2D eigenvalue weighted by molar-refractivity contribution is -0.118. The normalized spacial score (nSPS) is 18.9. The van der Waals surface area contributed by atoms with Crippen LogP contribution in [0.3, 0.4) is 0 Å².